The van der Waals surface area contributed by atoms with Crippen LogP contribution in [0, 0.1) is 5.92 Å². The second-order valence-electron chi connectivity index (χ2n) is 4.81. The molecule has 1 aromatic heterocycles. The van der Waals surface area contributed by atoms with Gasteiger partial charge in [0.05, 0.1) is 5.69 Å². The zero-order valence-corrected chi connectivity index (χ0v) is 11.8. The minimum Gasteiger partial charge on any atom is -0.325 e. The van der Waals surface area contributed by atoms with Gasteiger partial charge in [-0.15, -0.1) is 12.4 Å². The van der Waals surface area contributed by atoms with Crippen LogP contribution in [0.15, 0.2) is 23.1 Å². The summed E-state index contributed by atoms with van der Waals surface area (Å²) in [6.45, 7) is 2.00. The lowest BCUT2D eigenvalue weighted by Gasteiger charge is -2.21. The summed E-state index contributed by atoms with van der Waals surface area (Å²) in [5, 5.41) is 6.12. The van der Waals surface area contributed by atoms with Gasteiger partial charge in [-0.1, -0.05) is 0 Å². The van der Waals surface area contributed by atoms with Gasteiger partial charge in [-0.05, 0) is 37.9 Å². The van der Waals surface area contributed by atoms with Crippen molar-refractivity contribution in [2.24, 2.45) is 13.0 Å². The Balaban J connectivity index is 0.00000180. The number of hydrogen-bond donors (Lipinski definition) is 2. The molecular weight excluding hydrogens is 266 g/mol. The number of carbonyl (C=O) groups excluding carboxylic acids is 1. The zero-order chi connectivity index (χ0) is 13.0. The maximum Gasteiger partial charge on any atom is 0.250 e. The van der Waals surface area contributed by atoms with E-state index in [0.29, 0.717) is 18.0 Å². The third kappa shape index (κ3) is 4.69. The molecule has 19 heavy (non-hydrogen) atoms. The number of aromatic nitrogens is 1. The maximum absolute atomic E-state index is 11.9. The molecule has 0 atom stereocenters. The minimum absolute atomic E-state index is 0. The van der Waals surface area contributed by atoms with E-state index in [2.05, 4.69) is 10.6 Å². The summed E-state index contributed by atoms with van der Waals surface area (Å²) in [4.78, 5) is 23.1. The molecule has 0 unspecified atom stereocenters. The van der Waals surface area contributed by atoms with Gasteiger partial charge in [-0.25, -0.2) is 0 Å². The highest BCUT2D eigenvalue weighted by atomic mass is 35.5. The fraction of sp³-hybridized carbons (Fsp3) is 0.538. The summed E-state index contributed by atoms with van der Waals surface area (Å²) >= 11 is 0. The molecule has 1 fully saturated rings. The van der Waals surface area contributed by atoms with Crippen LogP contribution in [-0.2, 0) is 11.8 Å². The van der Waals surface area contributed by atoms with E-state index in [9.17, 15) is 9.59 Å². The SMILES string of the molecule is Cl.Cn1cc(NC(=O)CC2CCNCC2)ccc1=O. The first-order valence-corrected chi connectivity index (χ1v) is 6.32. The Morgan fingerprint density at radius 3 is 2.74 bits per heavy atom. The van der Waals surface area contributed by atoms with E-state index in [0.717, 1.165) is 25.9 Å². The first-order valence-electron chi connectivity index (χ1n) is 6.32. The van der Waals surface area contributed by atoms with Gasteiger partial charge in [0.1, 0.15) is 0 Å². The maximum atomic E-state index is 11.9. The molecule has 1 aliphatic heterocycles. The number of halogens is 1. The molecular formula is C13H20ClN3O2. The fourth-order valence-corrected chi connectivity index (χ4v) is 2.23. The Labute approximate surface area is 118 Å². The number of pyridine rings is 1. The van der Waals surface area contributed by atoms with Crippen molar-refractivity contribution in [1.82, 2.24) is 9.88 Å². The molecule has 1 aromatic rings. The lowest BCUT2D eigenvalue weighted by Crippen LogP contribution is -2.30. The van der Waals surface area contributed by atoms with Crippen LogP contribution in [0.25, 0.3) is 0 Å². The topological polar surface area (TPSA) is 63.1 Å². The molecule has 1 aliphatic rings. The summed E-state index contributed by atoms with van der Waals surface area (Å²) < 4.78 is 1.46. The molecule has 6 heteroatoms. The van der Waals surface area contributed by atoms with E-state index < -0.39 is 0 Å². The second-order valence-corrected chi connectivity index (χ2v) is 4.81. The van der Waals surface area contributed by atoms with E-state index in [1.54, 1.807) is 19.3 Å². The zero-order valence-electron chi connectivity index (χ0n) is 11.0. The van der Waals surface area contributed by atoms with E-state index in [1.807, 2.05) is 0 Å². The lowest BCUT2D eigenvalue weighted by atomic mass is 9.94. The predicted molar refractivity (Wildman–Crippen MR) is 77.8 cm³/mol. The molecule has 106 valence electrons. The second kappa shape index (κ2) is 7.31. The van der Waals surface area contributed by atoms with Crippen molar-refractivity contribution in [3.05, 3.63) is 28.7 Å². The normalized spacial score (nSPS) is 15.6. The highest BCUT2D eigenvalue weighted by Crippen LogP contribution is 2.16. The molecule has 2 N–H and O–H groups in total. The molecule has 2 heterocycles. The standard InChI is InChI=1S/C13H19N3O2.ClH/c1-16-9-11(2-3-13(16)18)15-12(17)8-10-4-6-14-7-5-10;/h2-3,9-10,14H,4-8H2,1H3,(H,15,17);1H. The van der Waals surface area contributed by atoms with Crippen molar-refractivity contribution in [2.75, 3.05) is 18.4 Å². The summed E-state index contributed by atoms with van der Waals surface area (Å²) in [7, 11) is 1.67. The molecule has 1 saturated heterocycles. The Kier molecular flexibility index (Phi) is 6.05. The number of piperidine rings is 1. The number of nitrogens with zero attached hydrogens (tertiary/aromatic N) is 1. The molecule has 0 bridgehead atoms. The third-order valence-electron chi connectivity index (χ3n) is 3.30. The van der Waals surface area contributed by atoms with Crippen LogP contribution < -0.4 is 16.2 Å². The summed E-state index contributed by atoms with van der Waals surface area (Å²) in [6, 6.07) is 3.10. The van der Waals surface area contributed by atoms with E-state index in [-0.39, 0.29) is 23.9 Å². The average Bonchev–Trinajstić information content (AvgIpc) is 2.35. The molecule has 0 aliphatic carbocycles. The fourth-order valence-electron chi connectivity index (χ4n) is 2.23. The summed E-state index contributed by atoms with van der Waals surface area (Å²) in [5.74, 6) is 0.499. The van der Waals surface area contributed by atoms with Gasteiger partial charge in [0.25, 0.3) is 0 Å². The highest BCUT2D eigenvalue weighted by Gasteiger charge is 2.16. The van der Waals surface area contributed by atoms with Crippen molar-refractivity contribution < 1.29 is 4.79 Å². The van der Waals surface area contributed by atoms with E-state index in [4.69, 9.17) is 0 Å². The number of nitrogens with one attached hydrogen (secondary N) is 2. The smallest absolute Gasteiger partial charge is 0.250 e. The van der Waals surface area contributed by atoms with Crippen molar-refractivity contribution in [1.29, 1.82) is 0 Å². The van der Waals surface area contributed by atoms with Crippen LogP contribution in [0.2, 0.25) is 0 Å². The van der Waals surface area contributed by atoms with E-state index in [1.165, 1.54) is 10.6 Å². The van der Waals surface area contributed by atoms with Gasteiger partial charge in [-0.2, -0.15) is 0 Å². The number of carbonyl (C=O) groups is 1. The minimum atomic E-state index is -0.0775. The first-order chi connectivity index (χ1) is 8.65. The lowest BCUT2D eigenvalue weighted by molar-refractivity contribution is -0.117. The Morgan fingerprint density at radius 1 is 1.42 bits per heavy atom. The number of anilines is 1. The van der Waals surface area contributed by atoms with Gasteiger partial charge < -0.3 is 15.2 Å². The van der Waals surface area contributed by atoms with Gasteiger partial charge in [-0.3, -0.25) is 9.59 Å². The van der Waals surface area contributed by atoms with Crippen LogP contribution >= 0.6 is 12.4 Å². The number of rotatable bonds is 3. The highest BCUT2D eigenvalue weighted by molar-refractivity contribution is 5.90. The quantitative estimate of drug-likeness (QED) is 0.875. The molecule has 0 saturated carbocycles. The Bertz CT molecular complexity index is 481. The van der Waals surface area contributed by atoms with Crippen molar-refractivity contribution in [2.45, 2.75) is 19.3 Å². The summed E-state index contributed by atoms with van der Waals surface area (Å²) in [5.41, 5.74) is 0.599. The van der Waals surface area contributed by atoms with Crippen LogP contribution in [0.5, 0.6) is 0 Å². The molecule has 0 radical (unpaired) electrons. The number of amides is 1. The molecule has 5 nitrogen and oxygen atoms in total. The molecule has 0 aromatic carbocycles. The predicted octanol–water partition coefficient (Wildman–Crippen LogP) is 1.14. The van der Waals surface area contributed by atoms with Gasteiger partial charge in [0, 0.05) is 25.7 Å². The monoisotopic (exact) mass is 285 g/mol. The Morgan fingerprint density at radius 2 is 2.11 bits per heavy atom. The molecule has 0 spiro atoms. The number of hydrogen-bond acceptors (Lipinski definition) is 3. The summed E-state index contributed by atoms with van der Waals surface area (Å²) in [6.07, 6.45) is 4.31. The van der Waals surface area contributed by atoms with Crippen LogP contribution in [0.3, 0.4) is 0 Å². The Hall–Kier alpha value is -1.33. The van der Waals surface area contributed by atoms with Crippen LogP contribution in [0.4, 0.5) is 5.69 Å². The van der Waals surface area contributed by atoms with Crippen molar-refractivity contribution in [3.63, 3.8) is 0 Å². The molecule has 2 rings (SSSR count). The van der Waals surface area contributed by atoms with Crippen LogP contribution in [0.1, 0.15) is 19.3 Å². The largest absolute Gasteiger partial charge is 0.325 e. The number of aryl methyl sites for hydroxylation is 1. The van der Waals surface area contributed by atoms with Crippen molar-refractivity contribution >= 4 is 24.0 Å². The molecule has 1 amide bonds. The van der Waals surface area contributed by atoms with Gasteiger partial charge in [0.15, 0.2) is 0 Å². The van der Waals surface area contributed by atoms with Gasteiger partial charge >= 0.3 is 0 Å². The first kappa shape index (κ1) is 15.7. The van der Waals surface area contributed by atoms with Gasteiger partial charge in [0.2, 0.25) is 11.5 Å². The van der Waals surface area contributed by atoms with Crippen molar-refractivity contribution in [3.8, 4) is 0 Å². The van der Waals surface area contributed by atoms with Crippen LogP contribution in [-0.4, -0.2) is 23.6 Å². The average molecular weight is 286 g/mol. The third-order valence-corrected chi connectivity index (χ3v) is 3.30. The van der Waals surface area contributed by atoms with E-state index >= 15 is 0 Å².